The third kappa shape index (κ3) is 3.20. The van der Waals surface area contributed by atoms with Gasteiger partial charge in [0.1, 0.15) is 24.0 Å². The largest absolute Gasteiger partial charge is 0.454 e. The minimum atomic E-state index is -2.57. The van der Waals surface area contributed by atoms with E-state index in [1.54, 1.807) is 17.7 Å². The Kier molecular flexibility index (Phi) is 3.98. The van der Waals surface area contributed by atoms with Crippen molar-refractivity contribution in [1.29, 1.82) is 5.26 Å². The molecule has 0 aliphatic carbocycles. The minimum Gasteiger partial charge on any atom is -0.454 e. The number of hydrogen-bond acceptors (Lipinski definition) is 2. The van der Waals surface area contributed by atoms with Gasteiger partial charge in [0.2, 0.25) is 5.69 Å². The van der Waals surface area contributed by atoms with E-state index in [1.165, 1.54) is 12.3 Å². The quantitative estimate of drug-likeness (QED) is 0.251. The molecule has 0 amide bonds. The van der Waals surface area contributed by atoms with E-state index >= 15 is 4.39 Å². The average Bonchev–Trinajstić information content (AvgIpc) is 3.27. The van der Waals surface area contributed by atoms with Crippen LogP contribution in [0.2, 0.25) is 0 Å². The van der Waals surface area contributed by atoms with E-state index in [0.29, 0.717) is 33.6 Å². The lowest BCUT2D eigenvalue weighted by Gasteiger charge is -2.07. The molecule has 2 aromatic heterocycles. The van der Waals surface area contributed by atoms with Crippen LogP contribution in [0.1, 0.15) is 20.8 Å². The van der Waals surface area contributed by atoms with Crippen LogP contribution in [0.4, 0.5) is 4.39 Å². The highest BCUT2D eigenvalue weighted by Gasteiger charge is 2.24. The smallest absolute Gasteiger partial charge is 0.219 e. The van der Waals surface area contributed by atoms with Gasteiger partial charge < -0.3 is 4.42 Å². The fourth-order valence-corrected chi connectivity index (χ4v) is 4.92. The zero-order valence-electron chi connectivity index (χ0n) is 22.2. The molecule has 35 heavy (non-hydrogen) atoms. The molecule has 0 saturated heterocycles. The lowest BCUT2D eigenvalue weighted by molar-refractivity contribution is -0.661. The fraction of sp³-hybridized carbons (Fsp3) is 0.0968. The van der Waals surface area contributed by atoms with Crippen molar-refractivity contribution in [1.82, 2.24) is 0 Å². The summed E-state index contributed by atoms with van der Waals surface area (Å²) < 4.78 is 46.2. The molecule has 0 unspecified atom stereocenters. The molecule has 0 aliphatic heterocycles. The molecular formula is C31H22FN2O+. The third-order valence-corrected chi connectivity index (χ3v) is 6.66. The summed E-state index contributed by atoms with van der Waals surface area (Å²) in [5.74, 6) is -0.797. The van der Waals surface area contributed by atoms with Gasteiger partial charge in [-0.2, -0.15) is 5.26 Å². The number of benzene rings is 4. The molecule has 0 aliphatic rings. The lowest BCUT2D eigenvalue weighted by Crippen LogP contribution is -2.31. The second kappa shape index (κ2) is 7.78. The lowest BCUT2D eigenvalue weighted by atomic mass is 9.94. The topological polar surface area (TPSA) is 40.8 Å². The number of fused-ring (bicyclic) bond motifs is 4. The van der Waals surface area contributed by atoms with Crippen LogP contribution in [0.3, 0.4) is 0 Å². The summed E-state index contributed by atoms with van der Waals surface area (Å²) in [6.07, 6.45) is 1.31. The van der Waals surface area contributed by atoms with Crippen molar-refractivity contribution in [2.24, 2.45) is 7.05 Å². The fourth-order valence-electron chi connectivity index (χ4n) is 4.92. The predicted molar refractivity (Wildman–Crippen MR) is 137 cm³/mol. The number of aryl methyl sites for hydroxylation is 3. The second-order valence-corrected chi connectivity index (χ2v) is 8.81. The Morgan fingerprint density at radius 2 is 1.63 bits per heavy atom. The van der Waals surface area contributed by atoms with Crippen molar-refractivity contribution < 1.29 is 17.5 Å². The Morgan fingerprint density at radius 3 is 2.40 bits per heavy atom. The number of hydrogen-bond donors (Lipinski definition) is 0. The van der Waals surface area contributed by atoms with Crippen molar-refractivity contribution >= 4 is 32.7 Å². The molecule has 0 atom stereocenters. The maximum atomic E-state index is 15.0. The Labute approximate surface area is 206 Å². The van der Waals surface area contributed by atoms with Crippen LogP contribution in [-0.4, -0.2) is 0 Å². The van der Waals surface area contributed by atoms with Gasteiger partial charge in [-0.1, -0.05) is 48.5 Å². The van der Waals surface area contributed by atoms with Gasteiger partial charge in [-0.3, -0.25) is 0 Å². The highest BCUT2D eigenvalue weighted by molar-refractivity contribution is 6.14. The van der Waals surface area contributed by atoms with E-state index in [9.17, 15) is 5.26 Å². The van der Waals surface area contributed by atoms with Crippen molar-refractivity contribution in [3.05, 3.63) is 102 Å². The van der Waals surface area contributed by atoms with Gasteiger partial charge in [0.15, 0.2) is 6.20 Å². The highest BCUT2D eigenvalue weighted by atomic mass is 19.1. The van der Waals surface area contributed by atoms with Crippen LogP contribution in [-0.2, 0) is 7.05 Å². The van der Waals surface area contributed by atoms with Gasteiger partial charge in [-0.15, -0.1) is 0 Å². The Morgan fingerprint density at radius 1 is 0.886 bits per heavy atom. The Bertz CT molecular complexity index is 1970. The van der Waals surface area contributed by atoms with Crippen molar-refractivity contribution in [3.63, 3.8) is 0 Å². The van der Waals surface area contributed by atoms with E-state index in [-0.39, 0.29) is 5.56 Å². The zero-order valence-corrected chi connectivity index (χ0v) is 19.2. The molecule has 3 nitrogen and oxygen atoms in total. The van der Waals surface area contributed by atoms with Crippen LogP contribution in [0.15, 0.2) is 83.4 Å². The number of nitrogens with zero attached hydrogens (tertiary/aromatic N) is 2. The minimum absolute atomic E-state index is 0.338. The summed E-state index contributed by atoms with van der Waals surface area (Å²) in [6.45, 7) is -0.661. The molecule has 4 heteroatoms. The number of rotatable bonds is 2. The summed E-state index contributed by atoms with van der Waals surface area (Å²) in [5.41, 5.74) is 4.84. The molecule has 0 fully saturated rings. The van der Waals surface area contributed by atoms with Crippen molar-refractivity contribution in [3.8, 4) is 28.5 Å². The summed E-state index contributed by atoms with van der Waals surface area (Å²) in [4.78, 5) is 0. The van der Waals surface area contributed by atoms with Gasteiger partial charge in [0.25, 0.3) is 0 Å². The van der Waals surface area contributed by atoms with Crippen LogP contribution in [0.5, 0.6) is 0 Å². The summed E-state index contributed by atoms with van der Waals surface area (Å²) >= 11 is 0. The standard InChI is InChI=1S/C31H22FN2O/c1-18-8-12-24-25-13-11-23(16-33)29(22-10-9-20-6-4-5-7-21(20)14-22)31(25)35-30(24)28(18)27-15-26(32)19(2)17-34(27)3/h4-15,17H,1-3H3/q+1/i2D3. The van der Waals surface area contributed by atoms with Crippen LogP contribution >= 0.6 is 0 Å². The summed E-state index contributed by atoms with van der Waals surface area (Å²) in [5, 5.41) is 13.8. The molecule has 0 radical (unpaired) electrons. The maximum Gasteiger partial charge on any atom is 0.219 e. The van der Waals surface area contributed by atoms with Crippen molar-refractivity contribution in [2.75, 3.05) is 0 Å². The average molecular weight is 461 g/mol. The molecule has 0 bridgehead atoms. The molecular weight excluding hydrogens is 435 g/mol. The predicted octanol–water partition coefficient (Wildman–Crippen LogP) is 7.53. The van der Waals surface area contributed by atoms with E-state index in [0.717, 1.165) is 32.7 Å². The first-order valence-electron chi connectivity index (χ1n) is 12.8. The normalized spacial score (nSPS) is 13.0. The van der Waals surface area contributed by atoms with Gasteiger partial charge >= 0.3 is 0 Å². The number of halogens is 1. The van der Waals surface area contributed by atoms with E-state index in [2.05, 4.69) is 6.07 Å². The zero-order chi connectivity index (χ0) is 26.8. The molecule has 6 aromatic rings. The Hall–Kier alpha value is -4.49. The SMILES string of the molecule is [2H]C([2H])([2H])c1c[n+](C)c(-c2c(C)ccc3c2oc2c(-c4ccc5ccccc5c4)c(C#N)ccc23)cc1F. The first-order chi connectivity index (χ1) is 18.2. The highest BCUT2D eigenvalue weighted by Crippen LogP contribution is 2.42. The van der Waals surface area contributed by atoms with Crippen LogP contribution < -0.4 is 4.57 Å². The second-order valence-electron chi connectivity index (χ2n) is 8.81. The Balaban J connectivity index is 1.67. The molecule has 0 N–H and O–H groups in total. The maximum absolute atomic E-state index is 15.0. The number of furan rings is 1. The number of nitriles is 1. The summed E-state index contributed by atoms with van der Waals surface area (Å²) in [6, 6.07) is 25.2. The summed E-state index contributed by atoms with van der Waals surface area (Å²) in [7, 11) is 1.69. The van der Waals surface area contributed by atoms with Gasteiger partial charge in [-0.25, -0.2) is 8.96 Å². The van der Waals surface area contributed by atoms with E-state index in [4.69, 9.17) is 8.53 Å². The monoisotopic (exact) mass is 460 g/mol. The van der Waals surface area contributed by atoms with Crippen LogP contribution in [0.25, 0.3) is 55.1 Å². The van der Waals surface area contributed by atoms with Crippen LogP contribution in [0, 0.1) is 30.9 Å². The first-order valence-corrected chi connectivity index (χ1v) is 11.3. The number of aromatic nitrogens is 1. The van der Waals surface area contributed by atoms with E-state index in [1.807, 2.05) is 67.6 Å². The third-order valence-electron chi connectivity index (χ3n) is 6.66. The van der Waals surface area contributed by atoms with Gasteiger partial charge in [-0.05, 0) is 53.9 Å². The molecule has 0 spiro atoms. The molecule has 0 saturated carbocycles. The first kappa shape index (κ1) is 17.9. The van der Waals surface area contributed by atoms with Gasteiger partial charge in [0.05, 0.1) is 17.2 Å². The number of pyridine rings is 1. The van der Waals surface area contributed by atoms with E-state index < -0.39 is 12.7 Å². The molecule has 168 valence electrons. The molecule has 4 aromatic carbocycles. The van der Waals surface area contributed by atoms with Gasteiger partial charge in [0, 0.05) is 32.1 Å². The molecule has 6 rings (SSSR count). The molecule has 2 heterocycles. The van der Waals surface area contributed by atoms with Crippen molar-refractivity contribution in [2.45, 2.75) is 13.8 Å².